The van der Waals surface area contributed by atoms with E-state index in [1.54, 1.807) is 42.6 Å². The molecule has 2 heterocycles. The molecule has 0 fully saturated rings. The molecule has 6 nitrogen and oxygen atoms in total. The van der Waals surface area contributed by atoms with E-state index in [-0.39, 0.29) is 23.1 Å². The minimum absolute atomic E-state index is 0.0647. The molecule has 9 heteroatoms. The Morgan fingerprint density at radius 3 is 2.43 bits per heavy atom. The highest BCUT2D eigenvalue weighted by Crippen LogP contribution is 2.22. The zero-order chi connectivity index (χ0) is 20.1. The summed E-state index contributed by atoms with van der Waals surface area (Å²) in [5, 5.41) is 6.30. The van der Waals surface area contributed by atoms with Gasteiger partial charge in [0.2, 0.25) is 21.7 Å². The van der Waals surface area contributed by atoms with E-state index in [0.717, 1.165) is 4.88 Å². The number of rotatable bonds is 8. The molecule has 0 atom stereocenters. The van der Waals surface area contributed by atoms with Crippen LogP contribution in [0.25, 0.3) is 0 Å². The number of ketones is 1. The van der Waals surface area contributed by atoms with Crippen LogP contribution in [-0.4, -0.2) is 20.1 Å². The lowest BCUT2D eigenvalue weighted by Crippen LogP contribution is -2.22. The van der Waals surface area contributed by atoms with Crippen LogP contribution in [0.4, 0.5) is 5.69 Å². The predicted molar refractivity (Wildman–Crippen MR) is 111 cm³/mol. The molecule has 1 amide bonds. The Kier molecular flexibility index (Phi) is 6.40. The van der Waals surface area contributed by atoms with Crippen molar-refractivity contribution in [2.75, 3.05) is 5.32 Å². The molecule has 0 bridgehead atoms. The first-order valence-corrected chi connectivity index (χ1v) is 11.7. The van der Waals surface area contributed by atoms with Crippen LogP contribution in [0.3, 0.4) is 0 Å². The third kappa shape index (κ3) is 4.93. The predicted octanol–water partition coefficient (Wildman–Crippen LogP) is 3.87. The highest BCUT2D eigenvalue weighted by Gasteiger charge is 2.16. The van der Waals surface area contributed by atoms with Crippen molar-refractivity contribution in [3.63, 3.8) is 0 Å². The van der Waals surface area contributed by atoms with E-state index in [2.05, 4.69) is 10.0 Å². The van der Waals surface area contributed by atoms with Crippen LogP contribution in [0.2, 0.25) is 0 Å². The smallest absolute Gasteiger partial charge is 0.240 e. The average molecular weight is 435 g/mol. The molecule has 146 valence electrons. The summed E-state index contributed by atoms with van der Waals surface area (Å²) in [4.78, 5) is 25.1. The molecular formula is C19H18N2O4S3. The summed E-state index contributed by atoms with van der Waals surface area (Å²) < 4.78 is 27.5. The number of anilines is 1. The van der Waals surface area contributed by atoms with E-state index in [1.165, 1.54) is 34.8 Å². The summed E-state index contributed by atoms with van der Waals surface area (Å²) in [6.45, 7) is 1.83. The van der Waals surface area contributed by atoms with Crippen molar-refractivity contribution in [2.45, 2.75) is 24.8 Å². The molecule has 0 aliphatic rings. The lowest BCUT2D eigenvalue weighted by atomic mass is 10.2. The Bertz CT molecular complexity index is 1070. The second-order valence-corrected chi connectivity index (χ2v) is 9.57. The van der Waals surface area contributed by atoms with Gasteiger partial charge in [-0.1, -0.05) is 6.92 Å². The van der Waals surface area contributed by atoms with Gasteiger partial charge in [0.1, 0.15) is 0 Å². The standard InChI is InChI=1S/C19H18N2O4S3/c1-2-18(22)21-14-3-6-16(7-4-14)28(24,25)20-11-15-5-8-17(27-15)19(23)13-9-10-26-12-13/h3-10,12,20H,2,11H2,1H3,(H,21,22). The molecule has 1 aromatic carbocycles. The Labute approximate surface area is 171 Å². The van der Waals surface area contributed by atoms with Crippen LogP contribution in [-0.2, 0) is 21.4 Å². The molecule has 0 saturated carbocycles. The molecule has 0 radical (unpaired) electrons. The molecule has 0 aliphatic carbocycles. The zero-order valence-corrected chi connectivity index (χ0v) is 17.4. The van der Waals surface area contributed by atoms with E-state index >= 15 is 0 Å². The van der Waals surface area contributed by atoms with Gasteiger partial charge in [-0.25, -0.2) is 13.1 Å². The Morgan fingerprint density at radius 1 is 1.04 bits per heavy atom. The molecule has 2 aromatic heterocycles. The number of benzene rings is 1. The molecule has 3 aromatic rings. The zero-order valence-electron chi connectivity index (χ0n) is 15.0. The normalized spacial score (nSPS) is 11.3. The maximum absolute atomic E-state index is 12.5. The maximum atomic E-state index is 12.5. The first kappa shape index (κ1) is 20.4. The second kappa shape index (κ2) is 8.78. The van der Waals surface area contributed by atoms with Gasteiger partial charge in [-0.05, 0) is 47.8 Å². The quantitative estimate of drug-likeness (QED) is 0.527. The molecule has 0 unspecified atom stereocenters. The number of amides is 1. The number of thiophene rings is 2. The maximum Gasteiger partial charge on any atom is 0.240 e. The summed E-state index contributed by atoms with van der Waals surface area (Å²) in [6.07, 6.45) is 0.347. The topological polar surface area (TPSA) is 92.3 Å². The Balaban J connectivity index is 1.64. The van der Waals surface area contributed by atoms with Gasteiger partial charge < -0.3 is 5.32 Å². The van der Waals surface area contributed by atoms with E-state index < -0.39 is 10.0 Å². The van der Waals surface area contributed by atoms with Crippen LogP contribution >= 0.6 is 22.7 Å². The van der Waals surface area contributed by atoms with Gasteiger partial charge in [0.05, 0.1) is 9.77 Å². The molecule has 0 saturated heterocycles. The fourth-order valence-corrected chi connectivity index (χ4v) is 4.99. The first-order valence-electron chi connectivity index (χ1n) is 8.44. The summed E-state index contributed by atoms with van der Waals surface area (Å²) in [7, 11) is -3.70. The van der Waals surface area contributed by atoms with E-state index in [4.69, 9.17) is 0 Å². The second-order valence-electron chi connectivity index (χ2n) is 5.86. The first-order chi connectivity index (χ1) is 13.4. The summed E-state index contributed by atoms with van der Waals surface area (Å²) in [5.74, 6) is -0.204. The van der Waals surface area contributed by atoms with Gasteiger partial charge in [-0.2, -0.15) is 11.3 Å². The van der Waals surface area contributed by atoms with Crippen molar-refractivity contribution in [3.8, 4) is 0 Å². The van der Waals surface area contributed by atoms with Gasteiger partial charge in [0.15, 0.2) is 0 Å². The fraction of sp³-hybridized carbons (Fsp3) is 0.158. The van der Waals surface area contributed by atoms with Crippen molar-refractivity contribution in [2.24, 2.45) is 0 Å². The lowest BCUT2D eigenvalue weighted by Gasteiger charge is -2.07. The van der Waals surface area contributed by atoms with Crippen molar-refractivity contribution in [1.29, 1.82) is 0 Å². The monoisotopic (exact) mass is 434 g/mol. The van der Waals surface area contributed by atoms with Crippen molar-refractivity contribution < 1.29 is 18.0 Å². The third-order valence-corrected chi connectivity index (χ3v) is 7.06. The van der Waals surface area contributed by atoms with E-state index in [0.29, 0.717) is 22.5 Å². The van der Waals surface area contributed by atoms with E-state index in [1.807, 2.05) is 5.38 Å². The highest BCUT2D eigenvalue weighted by molar-refractivity contribution is 7.89. The summed E-state index contributed by atoms with van der Waals surface area (Å²) in [5.41, 5.74) is 1.18. The van der Waals surface area contributed by atoms with Crippen molar-refractivity contribution >= 4 is 50.1 Å². The summed E-state index contributed by atoms with van der Waals surface area (Å²) >= 11 is 2.72. The van der Waals surface area contributed by atoms with Crippen LogP contribution in [0, 0.1) is 0 Å². The Hall–Kier alpha value is -2.33. The molecule has 2 N–H and O–H groups in total. The van der Waals surface area contributed by atoms with Crippen LogP contribution < -0.4 is 10.0 Å². The molecule has 28 heavy (non-hydrogen) atoms. The number of carbonyl (C=O) groups excluding carboxylic acids is 2. The minimum atomic E-state index is -3.70. The highest BCUT2D eigenvalue weighted by atomic mass is 32.2. The average Bonchev–Trinajstić information content (AvgIpc) is 3.38. The van der Waals surface area contributed by atoms with Crippen LogP contribution in [0.15, 0.2) is 58.1 Å². The van der Waals surface area contributed by atoms with Gasteiger partial charge in [0.25, 0.3) is 0 Å². The third-order valence-electron chi connectivity index (χ3n) is 3.87. The molecule has 3 rings (SSSR count). The molecule has 0 spiro atoms. The summed E-state index contributed by atoms with van der Waals surface area (Å²) in [6, 6.07) is 11.2. The lowest BCUT2D eigenvalue weighted by molar-refractivity contribution is -0.115. The number of hydrogen-bond acceptors (Lipinski definition) is 6. The van der Waals surface area contributed by atoms with Gasteiger partial charge >= 0.3 is 0 Å². The molecular weight excluding hydrogens is 416 g/mol. The van der Waals surface area contributed by atoms with Gasteiger partial charge in [0, 0.05) is 34.5 Å². The van der Waals surface area contributed by atoms with Crippen LogP contribution in [0.5, 0.6) is 0 Å². The van der Waals surface area contributed by atoms with E-state index in [9.17, 15) is 18.0 Å². The number of sulfonamides is 1. The largest absolute Gasteiger partial charge is 0.326 e. The van der Waals surface area contributed by atoms with Gasteiger partial charge in [-0.15, -0.1) is 11.3 Å². The number of hydrogen-bond donors (Lipinski definition) is 2. The van der Waals surface area contributed by atoms with Crippen molar-refractivity contribution in [3.05, 3.63) is 68.5 Å². The number of carbonyl (C=O) groups is 2. The minimum Gasteiger partial charge on any atom is -0.326 e. The van der Waals surface area contributed by atoms with Gasteiger partial charge in [-0.3, -0.25) is 9.59 Å². The van der Waals surface area contributed by atoms with Crippen molar-refractivity contribution in [1.82, 2.24) is 4.72 Å². The number of nitrogens with one attached hydrogen (secondary N) is 2. The SMILES string of the molecule is CCC(=O)Nc1ccc(S(=O)(=O)NCc2ccc(C(=O)c3ccsc3)s2)cc1. The van der Waals surface area contributed by atoms with Crippen LogP contribution in [0.1, 0.15) is 33.5 Å². The molecule has 0 aliphatic heterocycles. The Morgan fingerprint density at radius 2 is 1.79 bits per heavy atom. The fourth-order valence-electron chi connectivity index (χ4n) is 2.35.